The second kappa shape index (κ2) is 6.80. The lowest BCUT2D eigenvalue weighted by Gasteiger charge is -2.37. The van der Waals surface area contributed by atoms with E-state index in [4.69, 9.17) is 5.73 Å². The zero-order valence-corrected chi connectivity index (χ0v) is 11.2. The summed E-state index contributed by atoms with van der Waals surface area (Å²) < 4.78 is 0. The van der Waals surface area contributed by atoms with Crippen LogP contribution in [0.1, 0.15) is 58.3 Å². The van der Waals surface area contributed by atoms with Crippen molar-refractivity contribution in [3.63, 3.8) is 0 Å². The van der Waals surface area contributed by atoms with Gasteiger partial charge in [0.15, 0.2) is 0 Å². The Bertz CT molecular complexity index is 162. The first-order valence-electron chi connectivity index (χ1n) is 6.48. The molecule has 0 aliphatic heterocycles. The number of thioether (sulfide) groups is 1. The minimum absolute atomic E-state index is 0.194. The summed E-state index contributed by atoms with van der Waals surface area (Å²) in [5, 5.41) is 0. The number of hydrogen-bond donors (Lipinski definition) is 1. The van der Waals surface area contributed by atoms with Crippen LogP contribution in [0.15, 0.2) is 0 Å². The Labute approximate surface area is 99.6 Å². The van der Waals surface area contributed by atoms with Crippen molar-refractivity contribution in [1.82, 2.24) is 0 Å². The lowest BCUT2D eigenvalue weighted by molar-refractivity contribution is 0.213. The highest BCUT2D eigenvalue weighted by Crippen LogP contribution is 2.35. The summed E-state index contributed by atoms with van der Waals surface area (Å²) in [5.74, 6) is 2.25. The van der Waals surface area contributed by atoms with Gasteiger partial charge >= 0.3 is 0 Å². The molecular formula is C13H27NS. The van der Waals surface area contributed by atoms with Crippen LogP contribution in [0.25, 0.3) is 0 Å². The van der Waals surface area contributed by atoms with Crippen molar-refractivity contribution in [3.8, 4) is 0 Å². The average Bonchev–Trinajstić information content (AvgIpc) is 2.23. The molecule has 1 aliphatic carbocycles. The minimum atomic E-state index is 0.194. The summed E-state index contributed by atoms with van der Waals surface area (Å²) in [7, 11) is 0. The largest absolute Gasteiger partial charge is 0.325 e. The summed E-state index contributed by atoms with van der Waals surface area (Å²) in [5.41, 5.74) is 6.64. The van der Waals surface area contributed by atoms with Gasteiger partial charge in [0.05, 0.1) is 0 Å². The van der Waals surface area contributed by atoms with Crippen LogP contribution in [0.4, 0.5) is 0 Å². The van der Waals surface area contributed by atoms with E-state index in [1.807, 2.05) is 11.8 Å². The lowest BCUT2D eigenvalue weighted by atomic mass is 9.74. The fourth-order valence-corrected chi connectivity index (χ4v) is 3.20. The van der Waals surface area contributed by atoms with Gasteiger partial charge in [0.1, 0.15) is 0 Å². The average molecular weight is 229 g/mol. The van der Waals surface area contributed by atoms with E-state index in [0.29, 0.717) is 0 Å². The summed E-state index contributed by atoms with van der Waals surface area (Å²) >= 11 is 1.94. The number of hydrogen-bond acceptors (Lipinski definition) is 2. The Morgan fingerprint density at radius 3 is 2.53 bits per heavy atom. The SMILES string of the molecule is CCCC1CCC(N)(CCCSC)CC1. The first-order valence-corrected chi connectivity index (χ1v) is 7.87. The maximum atomic E-state index is 6.45. The maximum absolute atomic E-state index is 6.45. The molecule has 1 aliphatic rings. The second-order valence-electron chi connectivity index (χ2n) is 5.19. The Morgan fingerprint density at radius 1 is 1.33 bits per heavy atom. The van der Waals surface area contributed by atoms with Gasteiger partial charge in [0, 0.05) is 5.54 Å². The molecule has 0 unspecified atom stereocenters. The monoisotopic (exact) mass is 229 g/mol. The van der Waals surface area contributed by atoms with Crippen LogP contribution >= 0.6 is 11.8 Å². The van der Waals surface area contributed by atoms with E-state index in [-0.39, 0.29) is 5.54 Å². The van der Waals surface area contributed by atoms with Gasteiger partial charge in [-0.15, -0.1) is 0 Å². The third-order valence-corrected chi connectivity index (χ3v) is 4.52. The fourth-order valence-electron chi connectivity index (χ4n) is 2.77. The molecule has 0 aromatic rings. The van der Waals surface area contributed by atoms with E-state index < -0.39 is 0 Å². The van der Waals surface area contributed by atoms with Crippen molar-refractivity contribution >= 4 is 11.8 Å². The van der Waals surface area contributed by atoms with Crippen molar-refractivity contribution in [3.05, 3.63) is 0 Å². The molecule has 0 atom stereocenters. The van der Waals surface area contributed by atoms with Gasteiger partial charge in [-0.1, -0.05) is 19.8 Å². The molecule has 90 valence electrons. The van der Waals surface area contributed by atoms with Crippen LogP contribution in [0, 0.1) is 5.92 Å². The predicted octanol–water partition coefficient (Wildman–Crippen LogP) is 3.82. The smallest absolute Gasteiger partial charge is 0.0154 e. The van der Waals surface area contributed by atoms with Crippen molar-refractivity contribution in [2.24, 2.45) is 11.7 Å². The molecule has 0 spiro atoms. The van der Waals surface area contributed by atoms with Crippen LogP contribution in [0.2, 0.25) is 0 Å². The van der Waals surface area contributed by atoms with Gasteiger partial charge < -0.3 is 5.73 Å². The van der Waals surface area contributed by atoms with Crippen LogP contribution in [0.3, 0.4) is 0 Å². The first-order chi connectivity index (χ1) is 7.20. The highest BCUT2D eigenvalue weighted by atomic mass is 32.2. The van der Waals surface area contributed by atoms with E-state index in [1.165, 1.54) is 57.1 Å². The molecule has 0 amide bonds. The van der Waals surface area contributed by atoms with Gasteiger partial charge in [0.25, 0.3) is 0 Å². The molecule has 1 nitrogen and oxygen atoms in total. The van der Waals surface area contributed by atoms with Gasteiger partial charge in [-0.25, -0.2) is 0 Å². The summed E-state index contributed by atoms with van der Waals surface area (Å²) in [6, 6.07) is 0. The van der Waals surface area contributed by atoms with E-state index in [1.54, 1.807) is 0 Å². The van der Waals surface area contributed by atoms with Crippen LogP contribution < -0.4 is 5.73 Å². The Balaban J connectivity index is 2.21. The highest BCUT2D eigenvalue weighted by molar-refractivity contribution is 7.98. The van der Waals surface area contributed by atoms with E-state index in [0.717, 1.165) is 5.92 Å². The molecule has 0 radical (unpaired) electrons. The molecular weight excluding hydrogens is 202 g/mol. The fraction of sp³-hybridized carbons (Fsp3) is 1.00. The van der Waals surface area contributed by atoms with E-state index in [2.05, 4.69) is 13.2 Å². The third kappa shape index (κ3) is 4.78. The Morgan fingerprint density at radius 2 is 2.00 bits per heavy atom. The number of rotatable bonds is 6. The van der Waals surface area contributed by atoms with Crippen LogP contribution in [-0.4, -0.2) is 17.5 Å². The summed E-state index contributed by atoms with van der Waals surface area (Å²) in [6.07, 6.45) is 12.8. The number of nitrogens with two attached hydrogens (primary N) is 1. The van der Waals surface area contributed by atoms with Crippen molar-refractivity contribution < 1.29 is 0 Å². The lowest BCUT2D eigenvalue weighted by Crippen LogP contribution is -2.43. The second-order valence-corrected chi connectivity index (χ2v) is 6.18. The zero-order valence-electron chi connectivity index (χ0n) is 10.4. The summed E-state index contributed by atoms with van der Waals surface area (Å²) in [6.45, 7) is 2.29. The van der Waals surface area contributed by atoms with Crippen molar-refractivity contribution in [1.29, 1.82) is 0 Å². The normalized spacial score (nSPS) is 31.8. The molecule has 2 N–H and O–H groups in total. The molecule has 0 heterocycles. The van der Waals surface area contributed by atoms with Crippen molar-refractivity contribution in [2.75, 3.05) is 12.0 Å². The molecule has 0 bridgehead atoms. The highest BCUT2D eigenvalue weighted by Gasteiger charge is 2.30. The van der Waals surface area contributed by atoms with Gasteiger partial charge in [-0.05, 0) is 56.5 Å². The molecule has 0 aromatic carbocycles. The van der Waals surface area contributed by atoms with Crippen molar-refractivity contribution in [2.45, 2.75) is 63.8 Å². The quantitative estimate of drug-likeness (QED) is 0.701. The van der Waals surface area contributed by atoms with Crippen LogP contribution in [-0.2, 0) is 0 Å². The molecule has 2 heteroatoms. The molecule has 1 saturated carbocycles. The topological polar surface area (TPSA) is 26.0 Å². The minimum Gasteiger partial charge on any atom is -0.325 e. The van der Waals surface area contributed by atoms with E-state index in [9.17, 15) is 0 Å². The zero-order chi connectivity index (χ0) is 11.1. The standard InChI is InChI=1S/C13H27NS/c1-3-5-12-6-9-13(14,10-7-12)8-4-11-15-2/h12H,3-11,14H2,1-2H3. The van der Waals surface area contributed by atoms with Gasteiger partial charge in [0.2, 0.25) is 0 Å². The Hall–Kier alpha value is 0.310. The predicted molar refractivity (Wildman–Crippen MR) is 71.4 cm³/mol. The molecule has 15 heavy (non-hydrogen) atoms. The molecule has 1 rings (SSSR count). The first kappa shape index (κ1) is 13.4. The molecule has 1 fully saturated rings. The van der Waals surface area contributed by atoms with Crippen LogP contribution in [0.5, 0.6) is 0 Å². The molecule has 0 aromatic heterocycles. The van der Waals surface area contributed by atoms with E-state index >= 15 is 0 Å². The Kier molecular flexibility index (Phi) is 6.06. The summed E-state index contributed by atoms with van der Waals surface area (Å²) in [4.78, 5) is 0. The van der Waals surface area contributed by atoms with Gasteiger partial charge in [-0.3, -0.25) is 0 Å². The maximum Gasteiger partial charge on any atom is 0.0154 e. The van der Waals surface area contributed by atoms with Gasteiger partial charge in [-0.2, -0.15) is 11.8 Å². The third-order valence-electron chi connectivity index (χ3n) is 3.82. The molecule has 0 saturated heterocycles.